The first kappa shape index (κ1) is 16.3. The number of nitrogens with zero attached hydrogens (tertiary/aromatic N) is 1. The molecule has 0 bridgehead atoms. The molecule has 0 heterocycles. The molecule has 1 N–H and O–H groups in total. The highest BCUT2D eigenvalue weighted by Crippen LogP contribution is 2.28. The fourth-order valence-electron chi connectivity index (χ4n) is 2.74. The Kier molecular flexibility index (Phi) is 5.63. The highest BCUT2D eigenvalue weighted by molar-refractivity contribution is 5.55. The van der Waals surface area contributed by atoms with Crippen LogP contribution in [0.4, 0.5) is 10.1 Å². The van der Waals surface area contributed by atoms with E-state index in [-0.39, 0.29) is 5.82 Å². The summed E-state index contributed by atoms with van der Waals surface area (Å²) in [6.07, 6.45) is 2.51. The van der Waals surface area contributed by atoms with E-state index in [1.165, 1.54) is 12.8 Å². The van der Waals surface area contributed by atoms with Gasteiger partial charge in [0.25, 0.3) is 0 Å². The maximum atomic E-state index is 14.5. The van der Waals surface area contributed by atoms with Gasteiger partial charge in [0.05, 0.1) is 5.69 Å². The predicted octanol–water partition coefficient (Wildman–Crippen LogP) is 4.20. The lowest BCUT2D eigenvalue weighted by Gasteiger charge is -2.31. The zero-order chi connectivity index (χ0) is 15.4. The number of hydrogen-bond donors (Lipinski definition) is 1. The molecule has 1 aromatic carbocycles. The average Bonchev–Trinajstić information content (AvgIpc) is 3.18. The van der Waals surface area contributed by atoms with Gasteiger partial charge in [0.15, 0.2) is 0 Å². The summed E-state index contributed by atoms with van der Waals surface area (Å²) < 4.78 is 14.5. The molecule has 1 aliphatic rings. The van der Waals surface area contributed by atoms with Crippen molar-refractivity contribution in [3.63, 3.8) is 0 Å². The molecule has 21 heavy (non-hydrogen) atoms. The third-order valence-corrected chi connectivity index (χ3v) is 3.72. The number of halogens is 1. The smallest absolute Gasteiger partial charge is 0.146 e. The summed E-state index contributed by atoms with van der Waals surface area (Å²) in [4.78, 5) is 2.23. The van der Waals surface area contributed by atoms with Crippen LogP contribution in [0, 0.1) is 17.7 Å². The second-order valence-electron chi connectivity index (χ2n) is 7.10. The number of para-hydroxylation sites is 1. The Bertz CT molecular complexity index is 443. The van der Waals surface area contributed by atoms with Crippen molar-refractivity contribution in [2.45, 2.75) is 53.1 Å². The Morgan fingerprint density at radius 3 is 2.29 bits per heavy atom. The van der Waals surface area contributed by atoms with Crippen LogP contribution < -0.4 is 10.2 Å². The molecule has 2 nitrogen and oxygen atoms in total. The van der Waals surface area contributed by atoms with Gasteiger partial charge in [0, 0.05) is 25.7 Å². The van der Waals surface area contributed by atoms with Crippen LogP contribution >= 0.6 is 0 Å². The minimum Gasteiger partial charge on any atom is -0.368 e. The van der Waals surface area contributed by atoms with Gasteiger partial charge in [-0.3, -0.25) is 0 Å². The standard InChI is InChI=1S/C18H29FN2/c1-13(2)11-21(12-14(3)4)18-15(6-5-7-17(18)19)10-20-16-8-9-16/h5-7,13-14,16,20H,8-12H2,1-4H3. The number of nitrogens with one attached hydrogen (secondary N) is 1. The van der Waals surface area contributed by atoms with E-state index in [0.29, 0.717) is 17.9 Å². The molecule has 0 aliphatic heterocycles. The monoisotopic (exact) mass is 292 g/mol. The van der Waals surface area contributed by atoms with E-state index in [1.54, 1.807) is 6.07 Å². The molecule has 2 rings (SSSR count). The minimum atomic E-state index is -0.0913. The summed E-state index contributed by atoms with van der Waals surface area (Å²) in [5, 5.41) is 3.51. The fourth-order valence-corrected chi connectivity index (χ4v) is 2.74. The molecule has 1 aromatic rings. The lowest BCUT2D eigenvalue weighted by molar-refractivity contribution is 0.533. The van der Waals surface area contributed by atoms with Gasteiger partial charge in [0.1, 0.15) is 5.82 Å². The van der Waals surface area contributed by atoms with E-state index in [9.17, 15) is 4.39 Å². The molecule has 0 amide bonds. The Morgan fingerprint density at radius 2 is 1.76 bits per heavy atom. The third-order valence-electron chi connectivity index (χ3n) is 3.72. The lowest BCUT2D eigenvalue weighted by Crippen LogP contribution is -2.33. The zero-order valence-electron chi connectivity index (χ0n) is 13.8. The summed E-state index contributed by atoms with van der Waals surface area (Å²) in [5.41, 5.74) is 1.89. The van der Waals surface area contributed by atoms with Gasteiger partial charge in [0.2, 0.25) is 0 Å². The van der Waals surface area contributed by atoms with Gasteiger partial charge in [-0.05, 0) is 36.3 Å². The molecule has 0 unspecified atom stereocenters. The van der Waals surface area contributed by atoms with Crippen LogP contribution in [0.5, 0.6) is 0 Å². The number of rotatable bonds is 8. The van der Waals surface area contributed by atoms with Crippen LogP contribution in [0.3, 0.4) is 0 Å². The molecule has 3 heteroatoms. The van der Waals surface area contributed by atoms with E-state index in [1.807, 2.05) is 6.07 Å². The van der Waals surface area contributed by atoms with Gasteiger partial charge >= 0.3 is 0 Å². The van der Waals surface area contributed by atoms with E-state index in [0.717, 1.165) is 30.9 Å². The van der Waals surface area contributed by atoms with Crippen LogP contribution in [-0.4, -0.2) is 19.1 Å². The maximum absolute atomic E-state index is 14.5. The van der Waals surface area contributed by atoms with Crippen LogP contribution in [0.2, 0.25) is 0 Å². The molecule has 0 saturated heterocycles. The molecule has 0 aromatic heterocycles. The van der Waals surface area contributed by atoms with Crippen molar-refractivity contribution in [1.82, 2.24) is 5.32 Å². The SMILES string of the molecule is CC(C)CN(CC(C)C)c1c(F)cccc1CNC1CC1. The van der Waals surface area contributed by atoms with Crippen molar-refractivity contribution < 1.29 is 4.39 Å². The summed E-state index contributed by atoms with van der Waals surface area (Å²) in [6.45, 7) is 11.3. The predicted molar refractivity (Wildman–Crippen MR) is 88.2 cm³/mol. The average molecular weight is 292 g/mol. The molecule has 118 valence electrons. The number of anilines is 1. The van der Waals surface area contributed by atoms with Gasteiger partial charge in [-0.2, -0.15) is 0 Å². The second-order valence-corrected chi connectivity index (χ2v) is 7.10. The summed E-state index contributed by atoms with van der Waals surface area (Å²) >= 11 is 0. The molecular formula is C18H29FN2. The largest absolute Gasteiger partial charge is 0.368 e. The van der Waals surface area contributed by atoms with Crippen molar-refractivity contribution in [3.8, 4) is 0 Å². The van der Waals surface area contributed by atoms with Crippen LogP contribution in [0.15, 0.2) is 18.2 Å². The van der Waals surface area contributed by atoms with Crippen molar-refractivity contribution in [2.24, 2.45) is 11.8 Å². The number of hydrogen-bond acceptors (Lipinski definition) is 2. The summed E-state index contributed by atoms with van der Waals surface area (Å²) in [5.74, 6) is 0.951. The first-order valence-corrected chi connectivity index (χ1v) is 8.23. The Labute approximate surface area is 128 Å². The van der Waals surface area contributed by atoms with Crippen LogP contribution in [0.25, 0.3) is 0 Å². The van der Waals surface area contributed by atoms with Crippen molar-refractivity contribution in [3.05, 3.63) is 29.6 Å². The molecule has 0 atom stereocenters. The molecule has 1 aliphatic carbocycles. The summed E-state index contributed by atoms with van der Waals surface area (Å²) in [7, 11) is 0. The topological polar surface area (TPSA) is 15.3 Å². The Hall–Kier alpha value is -1.09. The second kappa shape index (κ2) is 7.26. The van der Waals surface area contributed by atoms with Gasteiger partial charge in [-0.25, -0.2) is 4.39 Å². The minimum absolute atomic E-state index is 0.0913. The first-order chi connectivity index (χ1) is 9.97. The van der Waals surface area contributed by atoms with E-state index < -0.39 is 0 Å². The zero-order valence-corrected chi connectivity index (χ0v) is 13.8. The Morgan fingerprint density at radius 1 is 1.14 bits per heavy atom. The third kappa shape index (κ3) is 4.99. The van der Waals surface area contributed by atoms with E-state index in [4.69, 9.17) is 0 Å². The van der Waals surface area contributed by atoms with Crippen molar-refractivity contribution in [1.29, 1.82) is 0 Å². The van der Waals surface area contributed by atoms with Crippen molar-refractivity contribution >= 4 is 5.69 Å². The highest BCUT2D eigenvalue weighted by atomic mass is 19.1. The molecule has 1 saturated carbocycles. The number of benzene rings is 1. The normalized spacial score (nSPS) is 15.0. The van der Waals surface area contributed by atoms with Gasteiger partial charge < -0.3 is 10.2 Å². The fraction of sp³-hybridized carbons (Fsp3) is 0.667. The first-order valence-electron chi connectivity index (χ1n) is 8.23. The molecular weight excluding hydrogens is 263 g/mol. The van der Waals surface area contributed by atoms with Crippen molar-refractivity contribution in [2.75, 3.05) is 18.0 Å². The van der Waals surface area contributed by atoms with Crippen LogP contribution in [0.1, 0.15) is 46.1 Å². The molecule has 0 spiro atoms. The van der Waals surface area contributed by atoms with Crippen LogP contribution in [-0.2, 0) is 6.54 Å². The lowest BCUT2D eigenvalue weighted by atomic mass is 10.1. The van der Waals surface area contributed by atoms with Gasteiger partial charge in [-0.1, -0.05) is 39.8 Å². The highest BCUT2D eigenvalue weighted by Gasteiger charge is 2.22. The Balaban J connectivity index is 2.22. The van der Waals surface area contributed by atoms with E-state index in [2.05, 4.69) is 44.0 Å². The summed E-state index contributed by atoms with van der Waals surface area (Å²) in [6, 6.07) is 6.11. The molecule has 0 radical (unpaired) electrons. The van der Waals surface area contributed by atoms with E-state index >= 15 is 0 Å². The van der Waals surface area contributed by atoms with Gasteiger partial charge in [-0.15, -0.1) is 0 Å². The molecule has 1 fully saturated rings. The maximum Gasteiger partial charge on any atom is 0.146 e. The quantitative estimate of drug-likeness (QED) is 0.772.